The van der Waals surface area contributed by atoms with Gasteiger partial charge in [-0.25, -0.2) is 0 Å². The first-order chi connectivity index (χ1) is 15.6. The van der Waals surface area contributed by atoms with Crippen molar-refractivity contribution in [1.29, 1.82) is 0 Å². The normalized spacial score (nSPS) is 16.5. The van der Waals surface area contributed by atoms with Crippen molar-refractivity contribution in [2.45, 2.75) is 62.2 Å². The van der Waals surface area contributed by atoms with E-state index < -0.39 is 0 Å². The molecule has 4 rings (SSSR count). The van der Waals surface area contributed by atoms with Gasteiger partial charge in [0.05, 0.1) is 11.4 Å². The Labute approximate surface area is 197 Å². The number of nitrogens with one attached hydrogen (secondary N) is 1. The van der Waals surface area contributed by atoms with Crippen LogP contribution in [-0.2, 0) is 4.79 Å². The number of anilines is 2. The molecule has 0 spiro atoms. The number of likely N-dealkylation sites (tertiary alicyclic amines) is 1. The van der Waals surface area contributed by atoms with Crippen LogP contribution in [0, 0.1) is 12.8 Å². The highest BCUT2D eigenvalue weighted by molar-refractivity contribution is 7.99. The number of nitrogens with zero attached hydrogens (tertiary/aromatic N) is 2. The summed E-state index contributed by atoms with van der Waals surface area (Å²) in [6.07, 6.45) is 6.66. The molecular weight excluding hydrogens is 414 g/mol. The molecule has 2 aliphatic heterocycles. The summed E-state index contributed by atoms with van der Waals surface area (Å²) in [5, 5.41) is 3.05. The second kappa shape index (κ2) is 11.2. The third-order valence-corrected chi connectivity index (χ3v) is 7.84. The Morgan fingerprint density at radius 2 is 1.84 bits per heavy atom. The number of benzene rings is 2. The van der Waals surface area contributed by atoms with Gasteiger partial charge >= 0.3 is 0 Å². The molecule has 2 aromatic carbocycles. The molecule has 0 unspecified atom stereocenters. The van der Waals surface area contributed by atoms with Crippen LogP contribution in [0.3, 0.4) is 0 Å². The van der Waals surface area contributed by atoms with E-state index in [0.29, 0.717) is 6.42 Å². The van der Waals surface area contributed by atoms with Gasteiger partial charge in [-0.1, -0.05) is 36.9 Å². The van der Waals surface area contributed by atoms with E-state index in [1.165, 1.54) is 65.5 Å². The SMILES string of the molecule is CCCC(=O)NCCN1CCC(CCCN2c3ccccc3Sc3ccc(C)cc32)CC1. The van der Waals surface area contributed by atoms with E-state index in [4.69, 9.17) is 0 Å². The van der Waals surface area contributed by atoms with E-state index in [2.05, 4.69) is 64.5 Å². The Kier molecular flexibility index (Phi) is 8.15. The average Bonchev–Trinajstić information content (AvgIpc) is 2.80. The van der Waals surface area contributed by atoms with Gasteiger partial charge in [0.25, 0.3) is 0 Å². The van der Waals surface area contributed by atoms with Gasteiger partial charge in [0.2, 0.25) is 5.91 Å². The molecule has 0 aromatic heterocycles. The van der Waals surface area contributed by atoms with Crippen LogP contribution in [0.25, 0.3) is 0 Å². The number of carbonyl (C=O) groups excluding carboxylic acids is 1. The molecule has 0 atom stereocenters. The zero-order valence-corrected chi connectivity index (χ0v) is 20.4. The molecule has 2 heterocycles. The van der Waals surface area contributed by atoms with E-state index in [9.17, 15) is 4.79 Å². The molecule has 5 heteroatoms. The number of piperidine rings is 1. The summed E-state index contributed by atoms with van der Waals surface area (Å²) in [6, 6.07) is 15.7. The van der Waals surface area contributed by atoms with Gasteiger partial charge in [-0.15, -0.1) is 0 Å². The second-order valence-corrected chi connectivity index (χ2v) is 10.3. The smallest absolute Gasteiger partial charge is 0.220 e. The maximum Gasteiger partial charge on any atom is 0.220 e. The molecule has 1 fully saturated rings. The van der Waals surface area contributed by atoms with E-state index in [1.807, 2.05) is 18.7 Å². The van der Waals surface area contributed by atoms with Crippen LogP contribution in [0.15, 0.2) is 52.3 Å². The number of hydrogen-bond donors (Lipinski definition) is 1. The van der Waals surface area contributed by atoms with Crippen molar-refractivity contribution >= 4 is 29.0 Å². The van der Waals surface area contributed by atoms with Crippen molar-refractivity contribution in [1.82, 2.24) is 10.2 Å². The summed E-state index contributed by atoms with van der Waals surface area (Å²) >= 11 is 1.89. The highest BCUT2D eigenvalue weighted by atomic mass is 32.2. The van der Waals surface area contributed by atoms with Crippen molar-refractivity contribution in [2.24, 2.45) is 5.92 Å². The number of rotatable bonds is 9. The lowest BCUT2D eigenvalue weighted by atomic mass is 9.92. The largest absolute Gasteiger partial charge is 0.355 e. The molecule has 172 valence electrons. The zero-order valence-electron chi connectivity index (χ0n) is 19.6. The monoisotopic (exact) mass is 451 g/mol. The molecule has 0 saturated carbocycles. The molecule has 0 aliphatic carbocycles. The van der Waals surface area contributed by atoms with Crippen LogP contribution in [0.2, 0.25) is 0 Å². The molecule has 1 amide bonds. The molecule has 1 N–H and O–H groups in total. The summed E-state index contributed by atoms with van der Waals surface area (Å²) in [5.74, 6) is 1.02. The van der Waals surface area contributed by atoms with Crippen LogP contribution < -0.4 is 10.2 Å². The number of amides is 1. The van der Waals surface area contributed by atoms with Gasteiger partial charge < -0.3 is 15.1 Å². The number of carbonyl (C=O) groups is 1. The van der Waals surface area contributed by atoms with Gasteiger partial charge in [0.15, 0.2) is 0 Å². The first-order valence-corrected chi connectivity index (χ1v) is 13.1. The molecule has 2 aromatic rings. The van der Waals surface area contributed by atoms with Crippen molar-refractivity contribution in [3.8, 4) is 0 Å². The maximum absolute atomic E-state index is 11.6. The Bertz CT molecular complexity index is 908. The lowest BCUT2D eigenvalue weighted by Crippen LogP contribution is -2.39. The molecule has 1 saturated heterocycles. The van der Waals surface area contributed by atoms with Crippen molar-refractivity contribution in [2.75, 3.05) is 37.6 Å². The number of para-hydroxylation sites is 1. The molecule has 32 heavy (non-hydrogen) atoms. The Morgan fingerprint density at radius 1 is 1.06 bits per heavy atom. The maximum atomic E-state index is 11.6. The summed E-state index contributed by atoms with van der Waals surface area (Å²) in [6.45, 7) is 9.42. The minimum atomic E-state index is 0.192. The second-order valence-electron chi connectivity index (χ2n) is 9.22. The lowest BCUT2D eigenvalue weighted by Gasteiger charge is -2.35. The fourth-order valence-corrected chi connectivity index (χ4v) is 5.96. The topological polar surface area (TPSA) is 35.6 Å². The van der Waals surface area contributed by atoms with Crippen LogP contribution in [0.4, 0.5) is 11.4 Å². The van der Waals surface area contributed by atoms with Crippen molar-refractivity contribution in [3.63, 3.8) is 0 Å². The minimum absolute atomic E-state index is 0.192. The van der Waals surface area contributed by atoms with E-state index in [1.54, 1.807) is 0 Å². The fraction of sp³-hybridized carbons (Fsp3) is 0.519. The van der Waals surface area contributed by atoms with Crippen LogP contribution in [0.1, 0.15) is 51.0 Å². The summed E-state index contributed by atoms with van der Waals surface area (Å²) in [4.78, 5) is 19.4. The number of hydrogen-bond acceptors (Lipinski definition) is 4. The Hall–Kier alpha value is -1.98. The molecule has 4 nitrogen and oxygen atoms in total. The van der Waals surface area contributed by atoms with Crippen molar-refractivity contribution < 1.29 is 4.79 Å². The van der Waals surface area contributed by atoms with Gasteiger partial charge in [0, 0.05) is 35.8 Å². The standard InChI is InChI=1S/C27H37N3OS/c1-3-7-27(31)28-15-19-29-17-13-22(14-18-29)8-6-16-30-23-9-4-5-10-25(23)32-26-12-11-21(2)20-24(26)30/h4-5,9-12,20,22H,3,6-8,13-19H2,1-2H3,(H,28,31). The van der Waals surface area contributed by atoms with Crippen LogP contribution in [-0.4, -0.2) is 43.5 Å². The summed E-state index contributed by atoms with van der Waals surface area (Å²) in [5.41, 5.74) is 4.05. The molecule has 0 radical (unpaired) electrons. The average molecular weight is 452 g/mol. The Morgan fingerprint density at radius 3 is 2.66 bits per heavy atom. The molecule has 2 aliphatic rings. The summed E-state index contributed by atoms with van der Waals surface area (Å²) in [7, 11) is 0. The van der Waals surface area contributed by atoms with Gasteiger partial charge in [0.1, 0.15) is 0 Å². The summed E-state index contributed by atoms with van der Waals surface area (Å²) < 4.78 is 0. The minimum Gasteiger partial charge on any atom is -0.355 e. The van der Waals surface area contributed by atoms with E-state index >= 15 is 0 Å². The lowest BCUT2D eigenvalue weighted by molar-refractivity contribution is -0.121. The Balaban J connectivity index is 1.25. The highest BCUT2D eigenvalue weighted by Crippen LogP contribution is 2.48. The third kappa shape index (κ3) is 5.87. The predicted octanol–water partition coefficient (Wildman–Crippen LogP) is 6.01. The third-order valence-electron chi connectivity index (χ3n) is 6.71. The van der Waals surface area contributed by atoms with Gasteiger partial charge in [-0.2, -0.15) is 0 Å². The first-order valence-electron chi connectivity index (χ1n) is 12.3. The molecule has 0 bridgehead atoms. The molecular formula is C27H37N3OS. The first kappa shape index (κ1) is 23.2. The van der Waals surface area contributed by atoms with Crippen LogP contribution in [0.5, 0.6) is 0 Å². The zero-order chi connectivity index (χ0) is 22.3. The highest BCUT2D eigenvalue weighted by Gasteiger charge is 2.24. The van der Waals surface area contributed by atoms with Gasteiger partial charge in [-0.3, -0.25) is 4.79 Å². The van der Waals surface area contributed by atoms with Crippen LogP contribution >= 0.6 is 11.8 Å². The fourth-order valence-electron chi connectivity index (χ4n) is 4.89. The van der Waals surface area contributed by atoms with E-state index in [-0.39, 0.29) is 5.91 Å². The van der Waals surface area contributed by atoms with Crippen molar-refractivity contribution in [3.05, 3.63) is 48.0 Å². The number of aryl methyl sites for hydroxylation is 1. The number of fused-ring (bicyclic) bond motifs is 2. The predicted molar refractivity (Wildman–Crippen MR) is 135 cm³/mol. The van der Waals surface area contributed by atoms with Gasteiger partial charge in [-0.05, 0) is 87.9 Å². The quantitative estimate of drug-likeness (QED) is 0.507. The van der Waals surface area contributed by atoms with E-state index in [0.717, 1.165) is 32.0 Å².